The zero-order chi connectivity index (χ0) is 13.4. The van der Waals surface area contributed by atoms with Gasteiger partial charge in [0, 0.05) is 0 Å². The fraction of sp³-hybridized carbons (Fsp3) is 0.455. The molecule has 0 heterocycles. The van der Waals surface area contributed by atoms with Crippen LogP contribution in [0.15, 0.2) is 12.1 Å². The van der Waals surface area contributed by atoms with Crippen LogP contribution < -0.4 is 0 Å². The fourth-order valence-corrected chi connectivity index (χ4v) is 1.67. The molecule has 0 N–H and O–H groups in total. The third kappa shape index (κ3) is 2.92. The molecule has 1 aromatic rings. The summed E-state index contributed by atoms with van der Waals surface area (Å²) in [6, 6.07) is 1.70. The molecule has 0 aliphatic heterocycles. The van der Waals surface area contributed by atoms with E-state index in [1.165, 1.54) is 0 Å². The molecule has 0 atom stereocenters. The van der Waals surface area contributed by atoms with E-state index in [-0.39, 0.29) is 12.0 Å². The van der Waals surface area contributed by atoms with Gasteiger partial charge in [0.05, 0.1) is 11.1 Å². The lowest BCUT2D eigenvalue weighted by molar-refractivity contribution is -0.162. The maximum absolute atomic E-state index is 12.6. The zero-order valence-electron chi connectivity index (χ0n) is 9.13. The lowest BCUT2D eigenvalue weighted by Gasteiger charge is -2.19. The van der Waals surface area contributed by atoms with E-state index in [0.29, 0.717) is 6.07 Å². The monoisotopic (exact) mass is 256 g/mol. The van der Waals surface area contributed by atoms with Crippen LogP contribution in [0.4, 0.5) is 26.3 Å². The molecular weight excluding hydrogens is 246 g/mol. The van der Waals surface area contributed by atoms with Crippen LogP contribution in [-0.4, -0.2) is 0 Å². The normalized spacial score (nSPS) is 12.9. The van der Waals surface area contributed by atoms with Crippen molar-refractivity contribution in [3.8, 4) is 0 Å². The minimum Gasteiger partial charge on any atom is -0.166 e. The number of halogens is 6. The molecule has 0 nitrogen and oxygen atoms in total. The second kappa shape index (κ2) is 4.23. The van der Waals surface area contributed by atoms with E-state index in [2.05, 4.69) is 0 Å². The third-order valence-electron chi connectivity index (χ3n) is 2.39. The first-order valence-electron chi connectivity index (χ1n) is 4.85. The molecule has 0 bridgehead atoms. The highest BCUT2D eigenvalue weighted by molar-refractivity contribution is 5.42. The maximum Gasteiger partial charge on any atom is 0.417 e. The molecule has 1 rings (SSSR count). The summed E-state index contributed by atoms with van der Waals surface area (Å²) in [7, 11) is 0. The average Bonchev–Trinajstić information content (AvgIpc) is 2.12. The van der Waals surface area contributed by atoms with Gasteiger partial charge >= 0.3 is 12.4 Å². The smallest absolute Gasteiger partial charge is 0.166 e. The van der Waals surface area contributed by atoms with Crippen LogP contribution in [0.2, 0.25) is 0 Å². The van der Waals surface area contributed by atoms with Gasteiger partial charge in [0.1, 0.15) is 0 Å². The van der Waals surface area contributed by atoms with Gasteiger partial charge in [0.15, 0.2) is 0 Å². The molecule has 0 radical (unpaired) electrons. The maximum atomic E-state index is 12.6. The third-order valence-corrected chi connectivity index (χ3v) is 2.39. The van der Waals surface area contributed by atoms with Crippen LogP contribution in [-0.2, 0) is 18.8 Å². The Morgan fingerprint density at radius 1 is 0.941 bits per heavy atom. The predicted molar refractivity (Wildman–Crippen MR) is 50.6 cm³/mol. The zero-order valence-corrected chi connectivity index (χ0v) is 9.13. The minimum atomic E-state index is -5.00. The van der Waals surface area contributed by atoms with E-state index in [0.717, 1.165) is 13.0 Å². The molecule has 0 unspecified atom stereocenters. The summed E-state index contributed by atoms with van der Waals surface area (Å²) in [5.41, 5.74) is -3.36. The van der Waals surface area contributed by atoms with Gasteiger partial charge in [-0.15, -0.1) is 0 Å². The van der Waals surface area contributed by atoms with Crippen LogP contribution in [0, 0.1) is 6.92 Å². The summed E-state index contributed by atoms with van der Waals surface area (Å²) >= 11 is 0. The molecular formula is C11H10F6. The molecule has 0 aromatic heterocycles. The van der Waals surface area contributed by atoms with Gasteiger partial charge in [-0.25, -0.2) is 0 Å². The van der Waals surface area contributed by atoms with Crippen molar-refractivity contribution in [1.82, 2.24) is 0 Å². The molecule has 0 saturated heterocycles. The van der Waals surface area contributed by atoms with Gasteiger partial charge in [-0.3, -0.25) is 0 Å². The quantitative estimate of drug-likeness (QED) is 0.644. The molecule has 6 heteroatoms. The predicted octanol–water partition coefficient (Wildman–Crippen LogP) is 4.60. The van der Waals surface area contributed by atoms with Gasteiger partial charge in [0.2, 0.25) is 0 Å². The van der Waals surface area contributed by atoms with Crippen molar-refractivity contribution in [2.45, 2.75) is 32.6 Å². The van der Waals surface area contributed by atoms with E-state index in [9.17, 15) is 26.3 Å². The molecule has 0 saturated carbocycles. The Hall–Kier alpha value is -1.20. The number of benzene rings is 1. The second-order valence-electron chi connectivity index (χ2n) is 3.68. The Labute approximate surface area is 94.2 Å². The SMILES string of the molecule is CCc1cc(C)c(C(F)(F)F)c(C(F)(F)F)c1. The number of rotatable bonds is 1. The Balaban J connectivity index is 3.58. The topological polar surface area (TPSA) is 0 Å². The van der Waals surface area contributed by atoms with Gasteiger partial charge < -0.3 is 0 Å². The van der Waals surface area contributed by atoms with Crippen LogP contribution in [0.25, 0.3) is 0 Å². The number of aryl methyl sites for hydroxylation is 2. The van der Waals surface area contributed by atoms with Gasteiger partial charge in [-0.2, -0.15) is 26.3 Å². The van der Waals surface area contributed by atoms with E-state index >= 15 is 0 Å². The number of alkyl halides is 6. The average molecular weight is 256 g/mol. The summed E-state index contributed by atoms with van der Waals surface area (Å²) in [5.74, 6) is 0. The first-order valence-corrected chi connectivity index (χ1v) is 4.85. The lowest BCUT2D eigenvalue weighted by atomic mass is 9.96. The first-order chi connectivity index (χ1) is 7.57. The summed E-state index contributed by atoms with van der Waals surface area (Å²) in [4.78, 5) is 0. The molecule has 1 aromatic carbocycles. The van der Waals surface area contributed by atoms with Crippen LogP contribution in [0.3, 0.4) is 0 Å². The van der Waals surface area contributed by atoms with E-state index < -0.39 is 29.0 Å². The highest BCUT2D eigenvalue weighted by atomic mass is 19.4. The van der Waals surface area contributed by atoms with E-state index in [4.69, 9.17) is 0 Å². The highest BCUT2D eigenvalue weighted by Crippen LogP contribution is 2.42. The molecule has 17 heavy (non-hydrogen) atoms. The Morgan fingerprint density at radius 2 is 1.47 bits per heavy atom. The molecule has 0 aliphatic carbocycles. The molecule has 96 valence electrons. The molecule has 0 amide bonds. The number of hydrogen-bond acceptors (Lipinski definition) is 0. The summed E-state index contributed by atoms with van der Waals surface area (Å²) in [5, 5.41) is 0. The molecule has 0 spiro atoms. The number of hydrogen-bond donors (Lipinski definition) is 0. The Morgan fingerprint density at radius 3 is 1.82 bits per heavy atom. The first kappa shape index (κ1) is 13.9. The minimum absolute atomic E-state index is 0.239. The lowest BCUT2D eigenvalue weighted by Crippen LogP contribution is -2.18. The summed E-state index contributed by atoms with van der Waals surface area (Å²) < 4.78 is 75.5. The van der Waals surface area contributed by atoms with Gasteiger partial charge in [-0.1, -0.05) is 13.0 Å². The van der Waals surface area contributed by atoms with Crippen LogP contribution in [0.5, 0.6) is 0 Å². The van der Waals surface area contributed by atoms with Gasteiger partial charge in [-0.05, 0) is 30.5 Å². The summed E-state index contributed by atoms with van der Waals surface area (Å²) in [6.45, 7) is 2.62. The Kier molecular flexibility index (Phi) is 3.45. The van der Waals surface area contributed by atoms with Crippen molar-refractivity contribution in [3.63, 3.8) is 0 Å². The Bertz CT molecular complexity index is 413. The molecule has 0 fully saturated rings. The van der Waals surface area contributed by atoms with Crippen LogP contribution >= 0.6 is 0 Å². The van der Waals surface area contributed by atoms with Crippen LogP contribution in [0.1, 0.15) is 29.2 Å². The van der Waals surface area contributed by atoms with E-state index in [1.54, 1.807) is 6.92 Å². The second-order valence-corrected chi connectivity index (χ2v) is 3.68. The molecule has 0 aliphatic rings. The van der Waals surface area contributed by atoms with Crippen molar-refractivity contribution < 1.29 is 26.3 Å². The van der Waals surface area contributed by atoms with Crippen molar-refractivity contribution in [1.29, 1.82) is 0 Å². The van der Waals surface area contributed by atoms with Crippen molar-refractivity contribution in [2.24, 2.45) is 0 Å². The van der Waals surface area contributed by atoms with Crippen molar-refractivity contribution >= 4 is 0 Å². The van der Waals surface area contributed by atoms with E-state index in [1.807, 2.05) is 0 Å². The standard InChI is InChI=1S/C11H10F6/c1-3-7-4-6(2)9(11(15,16)17)8(5-7)10(12,13)14/h4-5H,3H2,1-2H3. The largest absolute Gasteiger partial charge is 0.417 e. The summed E-state index contributed by atoms with van der Waals surface area (Å²) in [6.07, 6.45) is -9.75. The van der Waals surface area contributed by atoms with Crippen molar-refractivity contribution in [2.75, 3.05) is 0 Å². The van der Waals surface area contributed by atoms with Gasteiger partial charge in [0.25, 0.3) is 0 Å². The highest BCUT2D eigenvalue weighted by Gasteiger charge is 2.44. The van der Waals surface area contributed by atoms with Crippen molar-refractivity contribution in [3.05, 3.63) is 34.4 Å². The fourth-order valence-electron chi connectivity index (χ4n) is 1.67.